The minimum absolute atomic E-state index is 0.0284. The smallest absolute Gasteiger partial charge is 0.410 e. The van der Waals surface area contributed by atoms with Crippen LogP contribution in [-0.4, -0.2) is 81.3 Å². The summed E-state index contributed by atoms with van der Waals surface area (Å²) in [6.45, 7) is 6.67. The maximum absolute atomic E-state index is 12.8. The second-order valence-electron chi connectivity index (χ2n) is 11.1. The molecule has 2 N–H and O–H groups in total. The van der Waals surface area contributed by atoms with Gasteiger partial charge in [-0.15, -0.1) is 0 Å². The number of amides is 1. The first-order chi connectivity index (χ1) is 18.9. The van der Waals surface area contributed by atoms with Crippen LogP contribution in [0.3, 0.4) is 0 Å². The standard InChI is InChI=1S/C27H34N8O4S/c1-27(2,3)39-26(36)34-11-7-8-18(17-34)23-13-24(31-20-9-6-10-21(12-20)40(37,38)33(4)5)35-25(32-23)22(16-30-35)19-14-28-29-15-19/h6,9-10,12-16,18,31H,7-8,11,17H2,1-5H3,(H,28,29). The highest BCUT2D eigenvalue weighted by atomic mass is 32.2. The number of aromatic amines is 1. The van der Waals surface area contributed by atoms with Crippen LogP contribution in [0.4, 0.5) is 16.3 Å². The summed E-state index contributed by atoms with van der Waals surface area (Å²) in [5.41, 5.74) is 3.05. The number of carbonyl (C=O) groups is 1. The number of benzene rings is 1. The molecule has 13 heteroatoms. The summed E-state index contributed by atoms with van der Waals surface area (Å²) in [5, 5.41) is 14.8. The van der Waals surface area contributed by atoms with E-state index in [4.69, 9.17) is 9.72 Å². The molecule has 40 heavy (non-hydrogen) atoms. The van der Waals surface area contributed by atoms with Gasteiger partial charge in [0, 0.05) is 62.2 Å². The molecule has 0 radical (unpaired) electrons. The molecule has 1 saturated heterocycles. The lowest BCUT2D eigenvalue weighted by atomic mass is 9.94. The van der Waals surface area contributed by atoms with Gasteiger partial charge in [-0.1, -0.05) is 6.07 Å². The third-order valence-electron chi connectivity index (χ3n) is 6.68. The van der Waals surface area contributed by atoms with Crippen molar-refractivity contribution in [1.29, 1.82) is 0 Å². The van der Waals surface area contributed by atoms with Gasteiger partial charge in [-0.3, -0.25) is 5.10 Å². The lowest BCUT2D eigenvalue weighted by molar-refractivity contribution is 0.0197. The van der Waals surface area contributed by atoms with Crippen LogP contribution in [0.15, 0.2) is 53.8 Å². The van der Waals surface area contributed by atoms with Gasteiger partial charge in [0.1, 0.15) is 11.4 Å². The summed E-state index contributed by atoms with van der Waals surface area (Å²) in [6.07, 6.45) is 6.55. The Morgan fingerprint density at radius 1 is 1.20 bits per heavy atom. The quantitative estimate of drug-likeness (QED) is 0.354. The molecule has 1 amide bonds. The monoisotopic (exact) mass is 566 g/mol. The van der Waals surface area contributed by atoms with E-state index in [2.05, 4.69) is 20.6 Å². The van der Waals surface area contributed by atoms with Gasteiger partial charge >= 0.3 is 6.09 Å². The minimum Gasteiger partial charge on any atom is -0.444 e. The maximum Gasteiger partial charge on any atom is 0.410 e. The first-order valence-electron chi connectivity index (χ1n) is 13.1. The van der Waals surface area contributed by atoms with Crippen LogP contribution in [0.1, 0.15) is 45.2 Å². The molecule has 1 aliphatic rings. The van der Waals surface area contributed by atoms with Crippen LogP contribution in [0.25, 0.3) is 16.8 Å². The van der Waals surface area contributed by atoms with Gasteiger partial charge in [-0.05, 0) is 51.8 Å². The van der Waals surface area contributed by atoms with Gasteiger partial charge in [0.15, 0.2) is 5.65 Å². The fourth-order valence-corrected chi connectivity index (χ4v) is 5.63. The molecule has 12 nitrogen and oxygen atoms in total. The van der Waals surface area contributed by atoms with Crippen LogP contribution >= 0.6 is 0 Å². The third kappa shape index (κ3) is 5.65. The van der Waals surface area contributed by atoms with Crippen molar-refractivity contribution < 1.29 is 17.9 Å². The van der Waals surface area contributed by atoms with Gasteiger partial charge < -0.3 is 15.0 Å². The number of hydrogen-bond acceptors (Lipinski definition) is 8. The van der Waals surface area contributed by atoms with E-state index >= 15 is 0 Å². The van der Waals surface area contributed by atoms with E-state index in [1.165, 1.54) is 18.4 Å². The number of fused-ring (bicyclic) bond motifs is 1. The number of nitrogens with one attached hydrogen (secondary N) is 2. The van der Waals surface area contributed by atoms with Crippen LogP contribution in [0.5, 0.6) is 0 Å². The molecule has 0 bridgehead atoms. The van der Waals surface area contributed by atoms with Crippen LogP contribution < -0.4 is 5.32 Å². The van der Waals surface area contributed by atoms with E-state index in [0.717, 1.165) is 29.7 Å². The van der Waals surface area contributed by atoms with Crippen LogP contribution in [0, 0.1) is 0 Å². The lowest BCUT2D eigenvalue weighted by Crippen LogP contribution is -2.42. The van der Waals surface area contributed by atoms with E-state index in [1.54, 1.807) is 52.3 Å². The summed E-state index contributed by atoms with van der Waals surface area (Å²) in [6, 6.07) is 8.55. The molecule has 1 aliphatic heterocycles. The number of H-pyrrole nitrogens is 1. The number of aromatic nitrogens is 5. The molecule has 1 atom stereocenters. The minimum atomic E-state index is -3.61. The summed E-state index contributed by atoms with van der Waals surface area (Å²) in [4.78, 5) is 19.7. The summed E-state index contributed by atoms with van der Waals surface area (Å²) in [5.74, 6) is 0.586. The van der Waals surface area contributed by atoms with E-state index < -0.39 is 15.6 Å². The Kier molecular flexibility index (Phi) is 7.27. The molecule has 1 unspecified atom stereocenters. The molecule has 4 aromatic rings. The summed E-state index contributed by atoms with van der Waals surface area (Å²) in [7, 11) is -0.614. The van der Waals surface area contributed by atoms with E-state index in [9.17, 15) is 13.2 Å². The highest BCUT2D eigenvalue weighted by Gasteiger charge is 2.30. The second-order valence-corrected chi connectivity index (χ2v) is 13.2. The van der Waals surface area contributed by atoms with Gasteiger partial charge in [0.05, 0.1) is 23.0 Å². The van der Waals surface area contributed by atoms with Gasteiger partial charge in [0.2, 0.25) is 10.0 Å². The Hall–Kier alpha value is -3.97. The van der Waals surface area contributed by atoms with Crippen molar-refractivity contribution in [3.8, 4) is 11.1 Å². The summed E-state index contributed by atoms with van der Waals surface area (Å²) < 4.78 is 34.0. The fraction of sp³-hybridized carbons (Fsp3) is 0.407. The SMILES string of the molecule is CN(C)S(=O)(=O)c1cccc(Nc2cc(C3CCCN(C(=O)OC(C)(C)C)C3)nc3c(-c4cn[nH]c4)cnn23)c1. The average Bonchev–Trinajstić information content (AvgIpc) is 3.58. The van der Waals surface area contributed by atoms with Gasteiger partial charge in [-0.25, -0.2) is 22.5 Å². The molecule has 0 spiro atoms. The number of ether oxygens (including phenoxy) is 1. The van der Waals surface area contributed by atoms with Gasteiger partial charge in [-0.2, -0.15) is 14.7 Å². The fourth-order valence-electron chi connectivity index (χ4n) is 4.69. The molecule has 1 fully saturated rings. The number of nitrogens with zero attached hydrogens (tertiary/aromatic N) is 6. The number of piperidine rings is 1. The largest absolute Gasteiger partial charge is 0.444 e. The zero-order chi connectivity index (χ0) is 28.7. The second kappa shape index (κ2) is 10.5. The molecular weight excluding hydrogens is 532 g/mol. The first kappa shape index (κ1) is 27.6. The van der Waals surface area contributed by atoms with E-state index in [1.807, 2.05) is 26.8 Å². The van der Waals surface area contributed by atoms with E-state index in [-0.39, 0.29) is 16.9 Å². The topological polar surface area (TPSA) is 138 Å². The predicted octanol–water partition coefficient (Wildman–Crippen LogP) is 4.23. The summed E-state index contributed by atoms with van der Waals surface area (Å²) >= 11 is 0. The predicted molar refractivity (Wildman–Crippen MR) is 151 cm³/mol. The van der Waals surface area contributed by atoms with Crippen molar-refractivity contribution in [3.63, 3.8) is 0 Å². The number of likely N-dealkylation sites (tertiary alicyclic amines) is 1. The molecule has 3 aromatic heterocycles. The van der Waals surface area contributed by atoms with Crippen LogP contribution in [0.2, 0.25) is 0 Å². The van der Waals surface area contributed by atoms with Crippen molar-refractivity contribution in [3.05, 3.63) is 54.6 Å². The van der Waals surface area contributed by atoms with Crippen molar-refractivity contribution in [2.75, 3.05) is 32.5 Å². The zero-order valence-electron chi connectivity index (χ0n) is 23.2. The third-order valence-corrected chi connectivity index (χ3v) is 8.49. The molecule has 0 aliphatic carbocycles. The van der Waals surface area contributed by atoms with Crippen molar-refractivity contribution >= 4 is 33.3 Å². The van der Waals surface area contributed by atoms with Gasteiger partial charge in [0.25, 0.3) is 0 Å². The van der Waals surface area contributed by atoms with Crippen molar-refractivity contribution in [2.24, 2.45) is 0 Å². The van der Waals surface area contributed by atoms with E-state index in [0.29, 0.717) is 30.2 Å². The van der Waals surface area contributed by atoms with Crippen LogP contribution in [-0.2, 0) is 14.8 Å². The van der Waals surface area contributed by atoms with Crippen molar-refractivity contribution in [2.45, 2.75) is 50.0 Å². The van der Waals surface area contributed by atoms with Crippen molar-refractivity contribution in [1.82, 2.24) is 34.0 Å². The maximum atomic E-state index is 12.8. The Balaban J connectivity index is 1.54. The Morgan fingerprint density at radius 3 is 2.70 bits per heavy atom. The number of sulfonamides is 1. The average molecular weight is 567 g/mol. The highest BCUT2D eigenvalue weighted by molar-refractivity contribution is 7.89. The molecule has 4 heterocycles. The number of hydrogen-bond donors (Lipinski definition) is 2. The molecular formula is C27H34N8O4S. The molecule has 212 valence electrons. The first-order valence-corrected chi connectivity index (χ1v) is 14.5. The molecule has 5 rings (SSSR count). The highest BCUT2D eigenvalue weighted by Crippen LogP contribution is 2.33. The zero-order valence-corrected chi connectivity index (χ0v) is 24.1. The Bertz CT molecular complexity index is 1620. The molecule has 1 aromatic carbocycles. The lowest BCUT2D eigenvalue weighted by Gasteiger charge is -2.34. The number of carbonyl (C=O) groups excluding carboxylic acids is 1. The Morgan fingerprint density at radius 2 is 2.00 bits per heavy atom. The molecule has 0 saturated carbocycles. The normalized spacial score (nSPS) is 16.4. The number of rotatable bonds is 6. The Labute approximate surface area is 233 Å². The number of anilines is 2.